The first kappa shape index (κ1) is 13.3. The lowest BCUT2D eigenvalue weighted by Gasteiger charge is -2.32. The summed E-state index contributed by atoms with van der Waals surface area (Å²) in [5, 5.41) is 0. The fourth-order valence-electron chi connectivity index (χ4n) is 2.14. The van der Waals surface area contributed by atoms with Crippen molar-refractivity contribution in [3.8, 4) is 5.75 Å². The van der Waals surface area contributed by atoms with Gasteiger partial charge in [-0.1, -0.05) is 6.07 Å². The molecule has 2 N–H and O–H groups in total. The van der Waals surface area contributed by atoms with Crippen molar-refractivity contribution in [2.75, 3.05) is 6.54 Å². The lowest BCUT2D eigenvalue weighted by atomic mass is 10.0. The highest BCUT2D eigenvalue weighted by molar-refractivity contribution is 5.85. The number of halogens is 1. The highest BCUT2D eigenvalue weighted by Crippen LogP contribution is 2.20. The summed E-state index contributed by atoms with van der Waals surface area (Å²) in [5.41, 5.74) is 5.26. The van der Waals surface area contributed by atoms with Gasteiger partial charge < -0.3 is 10.5 Å². The number of carbonyl (C=O) groups is 2. The lowest BCUT2D eigenvalue weighted by Crippen LogP contribution is -2.51. The Balaban J connectivity index is 2.07. The molecule has 1 saturated heterocycles. The number of amides is 2. The molecule has 0 aromatic heterocycles. The zero-order valence-corrected chi connectivity index (χ0v) is 10.3. The van der Waals surface area contributed by atoms with Gasteiger partial charge in [-0.2, -0.15) is 0 Å². The number of hydrogen-bond acceptors (Lipinski definition) is 3. The predicted molar refractivity (Wildman–Crippen MR) is 66.0 cm³/mol. The van der Waals surface area contributed by atoms with E-state index in [9.17, 15) is 14.0 Å². The van der Waals surface area contributed by atoms with Gasteiger partial charge in [0.15, 0.2) is 0 Å². The number of rotatable bonds is 2. The molecule has 0 bridgehead atoms. The second kappa shape index (κ2) is 5.69. The molecule has 1 heterocycles. The summed E-state index contributed by atoms with van der Waals surface area (Å²) in [5.74, 6) is -0.926. The third-order valence-corrected chi connectivity index (χ3v) is 3.07. The average Bonchev–Trinajstić information content (AvgIpc) is 2.38. The van der Waals surface area contributed by atoms with Crippen LogP contribution in [0.5, 0.6) is 5.75 Å². The molecule has 102 valence electrons. The quantitative estimate of drug-likeness (QED) is 0.884. The minimum atomic E-state index is -0.672. The molecule has 1 aliphatic rings. The Morgan fingerprint density at radius 2 is 2.16 bits per heavy atom. The molecule has 6 heteroatoms. The minimum Gasteiger partial charge on any atom is -0.410 e. The average molecular weight is 266 g/mol. The van der Waals surface area contributed by atoms with Crippen LogP contribution in [0.1, 0.15) is 19.3 Å². The molecule has 5 nitrogen and oxygen atoms in total. The molecular weight excluding hydrogens is 251 g/mol. The van der Waals surface area contributed by atoms with Crippen molar-refractivity contribution in [1.29, 1.82) is 0 Å². The van der Waals surface area contributed by atoms with Gasteiger partial charge in [-0.05, 0) is 31.4 Å². The molecular formula is C13H15FN2O3. The predicted octanol–water partition coefficient (Wildman–Crippen LogP) is 1.66. The first-order valence-corrected chi connectivity index (χ1v) is 6.11. The number of ether oxygens (including phenoxy) is 1. The van der Waals surface area contributed by atoms with Crippen LogP contribution in [0.3, 0.4) is 0 Å². The molecule has 19 heavy (non-hydrogen) atoms. The molecule has 2 amide bonds. The minimum absolute atomic E-state index is 0.110. The van der Waals surface area contributed by atoms with E-state index >= 15 is 0 Å². The van der Waals surface area contributed by atoms with Gasteiger partial charge >= 0.3 is 6.09 Å². The largest absolute Gasteiger partial charge is 0.415 e. The summed E-state index contributed by atoms with van der Waals surface area (Å²) in [4.78, 5) is 24.6. The van der Waals surface area contributed by atoms with Crippen molar-refractivity contribution in [3.63, 3.8) is 0 Å². The Labute approximate surface area is 110 Å². The maximum absolute atomic E-state index is 13.0. The van der Waals surface area contributed by atoms with Gasteiger partial charge in [0.05, 0.1) is 0 Å². The van der Waals surface area contributed by atoms with Crippen LogP contribution in [0.2, 0.25) is 0 Å². The van der Waals surface area contributed by atoms with E-state index < -0.39 is 23.9 Å². The van der Waals surface area contributed by atoms with Crippen LogP contribution >= 0.6 is 0 Å². The van der Waals surface area contributed by atoms with Gasteiger partial charge in [0.25, 0.3) is 0 Å². The van der Waals surface area contributed by atoms with Crippen LogP contribution in [0.25, 0.3) is 0 Å². The van der Waals surface area contributed by atoms with E-state index in [4.69, 9.17) is 10.5 Å². The molecule has 1 fully saturated rings. The van der Waals surface area contributed by atoms with Crippen molar-refractivity contribution in [3.05, 3.63) is 30.1 Å². The molecule has 0 aliphatic carbocycles. The van der Waals surface area contributed by atoms with Crippen LogP contribution in [0, 0.1) is 5.82 Å². The number of likely N-dealkylation sites (tertiary alicyclic amines) is 1. The number of nitrogens with zero attached hydrogens (tertiary/aromatic N) is 1. The fraction of sp³-hybridized carbons (Fsp3) is 0.385. The Morgan fingerprint density at radius 1 is 1.37 bits per heavy atom. The zero-order chi connectivity index (χ0) is 13.8. The summed E-state index contributed by atoms with van der Waals surface area (Å²) in [6.45, 7) is 0.418. The van der Waals surface area contributed by atoms with Crippen LogP contribution in [-0.2, 0) is 4.79 Å². The highest BCUT2D eigenvalue weighted by Gasteiger charge is 2.31. The van der Waals surface area contributed by atoms with Crippen molar-refractivity contribution in [2.45, 2.75) is 25.3 Å². The van der Waals surface area contributed by atoms with E-state index in [0.717, 1.165) is 18.9 Å². The summed E-state index contributed by atoms with van der Waals surface area (Å²) in [6, 6.07) is 4.64. The maximum atomic E-state index is 13.0. The van der Waals surface area contributed by atoms with Crippen molar-refractivity contribution < 1.29 is 18.7 Å². The standard InChI is InChI=1S/C13H15FN2O3/c14-9-4-3-5-10(8-9)19-13(18)16-7-2-1-6-11(16)12(15)17/h3-5,8,11H,1-2,6-7H2,(H2,15,17). The van der Waals surface area contributed by atoms with Gasteiger partial charge in [-0.3, -0.25) is 9.69 Å². The SMILES string of the molecule is NC(=O)C1CCCCN1C(=O)Oc1cccc(F)c1. The Morgan fingerprint density at radius 3 is 2.84 bits per heavy atom. The van der Waals surface area contributed by atoms with Crippen molar-refractivity contribution in [2.24, 2.45) is 5.73 Å². The first-order chi connectivity index (χ1) is 9.08. The third-order valence-electron chi connectivity index (χ3n) is 3.07. The Bertz CT molecular complexity index is 493. The van der Waals surface area contributed by atoms with E-state index in [1.165, 1.54) is 23.1 Å². The monoisotopic (exact) mass is 266 g/mol. The third kappa shape index (κ3) is 3.21. The smallest absolute Gasteiger partial charge is 0.410 e. The molecule has 0 spiro atoms. The fourth-order valence-corrected chi connectivity index (χ4v) is 2.14. The Kier molecular flexibility index (Phi) is 3.99. The van der Waals surface area contributed by atoms with Crippen molar-refractivity contribution in [1.82, 2.24) is 4.90 Å². The second-order valence-electron chi connectivity index (χ2n) is 4.43. The van der Waals surface area contributed by atoms with Crippen LogP contribution < -0.4 is 10.5 Å². The molecule has 1 unspecified atom stereocenters. The molecule has 1 atom stereocenters. The number of carbonyl (C=O) groups excluding carboxylic acids is 2. The van der Waals surface area contributed by atoms with E-state index in [1.807, 2.05) is 0 Å². The zero-order valence-electron chi connectivity index (χ0n) is 10.3. The summed E-state index contributed by atoms with van der Waals surface area (Å²) in [6.07, 6.45) is 1.50. The molecule has 1 aromatic carbocycles. The molecule has 2 rings (SSSR count). The highest BCUT2D eigenvalue weighted by atomic mass is 19.1. The van der Waals surface area contributed by atoms with Gasteiger partial charge in [-0.25, -0.2) is 9.18 Å². The Hall–Kier alpha value is -2.11. The molecule has 1 aliphatic heterocycles. The number of benzene rings is 1. The van der Waals surface area contributed by atoms with E-state index in [-0.39, 0.29) is 5.75 Å². The lowest BCUT2D eigenvalue weighted by molar-refractivity contribution is -0.123. The number of piperidine rings is 1. The number of primary amides is 1. The van der Waals surface area contributed by atoms with Gasteiger partial charge in [-0.15, -0.1) is 0 Å². The van der Waals surface area contributed by atoms with Crippen LogP contribution in [-0.4, -0.2) is 29.5 Å². The van der Waals surface area contributed by atoms with E-state index in [0.29, 0.717) is 13.0 Å². The normalized spacial score (nSPS) is 19.0. The van der Waals surface area contributed by atoms with Crippen LogP contribution in [0.4, 0.5) is 9.18 Å². The van der Waals surface area contributed by atoms with E-state index in [2.05, 4.69) is 0 Å². The summed E-state index contributed by atoms with van der Waals surface area (Å²) < 4.78 is 18.0. The molecule has 1 aromatic rings. The maximum Gasteiger partial charge on any atom is 0.415 e. The first-order valence-electron chi connectivity index (χ1n) is 6.11. The van der Waals surface area contributed by atoms with Crippen LogP contribution in [0.15, 0.2) is 24.3 Å². The topological polar surface area (TPSA) is 72.6 Å². The number of nitrogens with two attached hydrogens (primary N) is 1. The van der Waals surface area contributed by atoms with Gasteiger partial charge in [0.2, 0.25) is 5.91 Å². The second-order valence-corrected chi connectivity index (χ2v) is 4.43. The number of hydrogen-bond donors (Lipinski definition) is 1. The van der Waals surface area contributed by atoms with E-state index in [1.54, 1.807) is 0 Å². The summed E-state index contributed by atoms with van der Waals surface area (Å²) >= 11 is 0. The van der Waals surface area contributed by atoms with Gasteiger partial charge in [0.1, 0.15) is 17.6 Å². The summed E-state index contributed by atoms with van der Waals surface area (Å²) in [7, 11) is 0. The van der Waals surface area contributed by atoms with Crippen molar-refractivity contribution >= 4 is 12.0 Å². The molecule has 0 saturated carbocycles. The van der Waals surface area contributed by atoms with Gasteiger partial charge in [0, 0.05) is 12.6 Å². The molecule has 0 radical (unpaired) electrons.